The van der Waals surface area contributed by atoms with E-state index >= 15 is 0 Å². The molecular weight excluding hydrogens is 348 g/mol. The van der Waals surface area contributed by atoms with E-state index in [1.807, 2.05) is 19.2 Å². The van der Waals surface area contributed by atoms with Gasteiger partial charge in [-0.25, -0.2) is 4.98 Å². The maximum Gasteiger partial charge on any atom is 0.228 e. The van der Waals surface area contributed by atoms with Crippen molar-refractivity contribution in [2.24, 2.45) is 5.92 Å². The van der Waals surface area contributed by atoms with Crippen molar-refractivity contribution in [3.05, 3.63) is 11.1 Å². The zero-order valence-corrected chi connectivity index (χ0v) is 17.0. The van der Waals surface area contributed by atoms with Crippen molar-refractivity contribution in [2.75, 3.05) is 25.0 Å². The molecule has 7 heteroatoms. The van der Waals surface area contributed by atoms with Crippen LogP contribution in [0.1, 0.15) is 58.6 Å². The number of hydrogen-bond donors (Lipinski definition) is 2. The average molecular weight is 381 g/mol. The lowest BCUT2D eigenvalue weighted by atomic mass is 10.0. The lowest BCUT2D eigenvalue weighted by molar-refractivity contribution is -0.121. The molecule has 2 amide bonds. The van der Waals surface area contributed by atoms with E-state index in [4.69, 9.17) is 0 Å². The summed E-state index contributed by atoms with van der Waals surface area (Å²) in [5.74, 6) is -0.144. The molecule has 0 bridgehead atoms. The highest BCUT2D eigenvalue weighted by Crippen LogP contribution is 2.18. The Morgan fingerprint density at radius 2 is 2.19 bits per heavy atom. The molecule has 146 valence electrons. The molecule has 1 fully saturated rings. The molecule has 1 aliphatic rings. The fourth-order valence-corrected chi connectivity index (χ4v) is 3.81. The molecule has 1 atom stereocenters. The van der Waals surface area contributed by atoms with Crippen LogP contribution < -0.4 is 10.6 Å². The molecule has 0 aliphatic carbocycles. The Bertz CT molecular complexity index is 588. The van der Waals surface area contributed by atoms with Crippen LogP contribution in [0.15, 0.2) is 5.38 Å². The second kappa shape index (κ2) is 10.6. The summed E-state index contributed by atoms with van der Waals surface area (Å²) in [6.07, 6.45) is 6.34. The molecule has 26 heavy (non-hydrogen) atoms. The predicted molar refractivity (Wildman–Crippen MR) is 106 cm³/mol. The number of anilines is 1. The minimum absolute atomic E-state index is 0.00180. The van der Waals surface area contributed by atoms with Gasteiger partial charge in [-0.05, 0) is 32.4 Å². The van der Waals surface area contributed by atoms with Crippen LogP contribution in [0.2, 0.25) is 0 Å². The molecule has 6 nitrogen and oxygen atoms in total. The molecule has 2 heterocycles. The smallest absolute Gasteiger partial charge is 0.228 e. The number of unbranched alkanes of at least 4 members (excludes halogenated alkanes) is 1. The van der Waals surface area contributed by atoms with Crippen LogP contribution in [0.4, 0.5) is 5.13 Å². The Balaban J connectivity index is 1.77. The van der Waals surface area contributed by atoms with Gasteiger partial charge in [-0.15, -0.1) is 11.3 Å². The van der Waals surface area contributed by atoms with Crippen molar-refractivity contribution in [3.8, 4) is 0 Å². The van der Waals surface area contributed by atoms with E-state index in [0.717, 1.165) is 19.5 Å². The first-order valence-electron chi connectivity index (χ1n) is 9.75. The highest BCUT2D eigenvalue weighted by atomic mass is 32.1. The molecule has 1 aliphatic heterocycles. The second-order valence-electron chi connectivity index (χ2n) is 7.31. The highest BCUT2D eigenvalue weighted by Gasteiger charge is 2.22. The molecule has 1 aromatic heterocycles. The summed E-state index contributed by atoms with van der Waals surface area (Å²) < 4.78 is 0. The largest absolute Gasteiger partial charge is 0.354 e. The first kappa shape index (κ1) is 20.8. The minimum atomic E-state index is -0.0863. The Kier molecular flexibility index (Phi) is 8.51. The van der Waals surface area contributed by atoms with Crippen molar-refractivity contribution in [1.82, 2.24) is 15.2 Å². The van der Waals surface area contributed by atoms with Crippen LogP contribution in [0.5, 0.6) is 0 Å². The maximum absolute atomic E-state index is 12.3. The number of likely N-dealkylation sites (tertiary alicyclic amines) is 1. The molecule has 2 rings (SSSR count). The van der Waals surface area contributed by atoms with E-state index in [9.17, 15) is 9.59 Å². The molecule has 1 unspecified atom stereocenters. The molecule has 2 N–H and O–H groups in total. The number of carbonyl (C=O) groups is 2. The molecule has 0 radical (unpaired) electrons. The summed E-state index contributed by atoms with van der Waals surface area (Å²) in [6, 6.07) is 0.454. The maximum atomic E-state index is 12.3. The SMILES string of the molecule is CCCCN1CCCCC1CNC(=O)Cc1csc(NC(=O)C(C)C)n1. The van der Waals surface area contributed by atoms with Gasteiger partial charge in [0.25, 0.3) is 0 Å². The molecule has 1 aromatic rings. The van der Waals surface area contributed by atoms with Gasteiger partial charge in [0.2, 0.25) is 11.8 Å². The van der Waals surface area contributed by atoms with Gasteiger partial charge in [-0.2, -0.15) is 0 Å². The number of amides is 2. The first-order valence-corrected chi connectivity index (χ1v) is 10.6. The minimum Gasteiger partial charge on any atom is -0.354 e. The number of hydrogen-bond acceptors (Lipinski definition) is 5. The van der Waals surface area contributed by atoms with Crippen LogP contribution in [0.3, 0.4) is 0 Å². The lowest BCUT2D eigenvalue weighted by Crippen LogP contribution is -2.47. The van der Waals surface area contributed by atoms with Crippen LogP contribution in [0, 0.1) is 5.92 Å². The average Bonchev–Trinajstić information content (AvgIpc) is 3.05. The third-order valence-corrected chi connectivity index (χ3v) is 5.54. The molecule has 1 saturated heterocycles. The number of nitrogens with one attached hydrogen (secondary N) is 2. The molecular formula is C19H32N4O2S. The zero-order chi connectivity index (χ0) is 18.9. The first-order chi connectivity index (χ1) is 12.5. The number of nitrogens with zero attached hydrogens (tertiary/aromatic N) is 2. The standard InChI is InChI=1S/C19H32N4O2S/c1-4-5-9-23-10-7-6-8-16(23)12-20-17(24)11-15-13-26-19(21-15)22-18(25)14(2)3/h13-14,16H,4-12H2,1-3H3,(H,20,24)(H,21,22,25). The van der Waals surface area contributed by atoms with Crippen molar-refractivity contribution in [3.63, 3.8) is 0 Å². The highest BCUT2D eigenvalue weighted by molar-refractivity contribution is 7.13. The van der Waals surface area contributed by atoms with Gasteiger partial charge < -0.3 is 10.6 Å². The van der Waals surface area contributed by atoms with Crippen LogP contribution in [-0.2, 0) is 16.0 Å². The van der Waals surface area contributed by atoms with Crippen LogP contribution in [0.25, 0.3) is 0 Å². The van der Waals surface area contributed by atoms with E-state index in [-0.39, 0.29) is 24.2 Å². The van der Waals surface area contributed by atoms with E-state index in [2.05, 4.69) is 27.4 Å². The van der Waals surface area contributed by atoms with Gasteiger partial charge in [0.15, 0.2) is 5.13 Å². The van der Waals surface area contributed by atoms with Gasteiger partial charge in [0.1, 0.15) is 0 Å². The topological polar surface area (TPSA) is 74.3 Å². The fourth-order valence-electron chi connectivity index (χ4n) is 3.10. The lowest BCUT2D eigenvalue weighted by Gasteiger charge is -2.35. The summed E-state index contributed by atoms with van der Waals surface area (Å²) in [6.45, 7) is 8.88. The molecule has 0 spiro atoms. The van der Waals surface area contributed by atoms with Gasteiger partial charge in [-0.1, -0.05) is 33.6 Å². The van der Waals surface area contributed by atoms with Gasteiger partial charge in [0.05, 0.1) is 12.1 Å². The van der Waals surface area contributed by atoms with Gasteiger partial charge in [-0.3, -0.25) is 14.5 Å². The number of aromatic nitrogens is 1. The van der Waals surface area contributed by atoms with E-state index in [0.29, 0.717) is 23.4 Å². The Morgan fingerprint density at radius 3 is 2.92 bits per heavy atom. The molecule has 0 saturated carbocycles. The fraction of sp³-hybridized carbons (Fsp3) is 0.737. The quantitative estimate of drug-likeness (QED) is 0.690. The van der Waals surface area contributed by atoms with Crippen LogP contribution >= 0.6 is 11.3 Å². The van der Waals surface area contributed by atoms with Crippen LogP contribution in [-0.4, -0.2) is 47.4 Å². The zero-order valence-electron chi connectivity index (χ0n) is 16.2. The van der Waals surface area contributed by atoms with E-state index in [1.165, 1.54) is 37.0 Å². The molecule has 0 aromatic carbocycles. The van der Waals surface area contributed by atoms with E-state index < -0.39 is 0 Å². The van der Waals surface area contributed by atoms with Gasteiger partial charge in [0, 0.05) is 23.9 Å². The van der Waals surface area contributed by atoms with Crippen molar-refractivity contribution in [1.29, 1.82) is 0 Å². The second-order valence-corrected chi connectivity index (χ2v) is 8.17. The summed E-state index contributed by atoms with van der Waals surface area (Å²) in [7, 11) is 0. The number of thiazole rings is 1. The normalized spacial score (nSPS) is 18.1. The number of rotatable bonds is 9. The summed E-state index contributed by atoms with van der Waals surface area (Å²) in [5.41, 5.74) is 0.707. The van der Waals surface area contributed by atoms with Crippen molar-refractivity contribution in [2.45, 2.75) is 65.3 Å². The Morgan fingerprint density at radius 1 is 1.38 bits per heavy atom. The summed E-state index contributed by atoms with van der Waals surface area (Å²) in [4.78, 5) is 30.8. The number of carbonyl (C=O) groups excluding carboxylic acids is 2. The summed E-state index contributed by atoms with van der Waals surface area (Å²) in [5, 5.41) is 8.24. The van der Waals surface area contributed by atoms with Crippen molar-refractivity contribution >= 4 is 28.3 Å². The van der Waals surface area contributed by atoms with Crippen molar-refractivity contribution < 1.29 is 9.59 Å². The monoisotopic (exact) mass is 380 g/mol. The predicted octanol–water partition coefficient (Wildman–Crippen LogP) is 3.05. The van der Waals surface area contributed by atoms with Gasteiger partial charge >= 0.3 is 0 Å². The Labute approximate surface area is 160 Å². The van der Waals surface area contributed by atoms with E-state index in [1.54, 1.807) is 0 Å². The third kappa shape index (κ3) is 6.68. The summed E-state index contributed by atoms with van der Waals surface area (Å²) >= 11 is 1.36. The third-order valence-electron chi connectivity index (χ3n) is 4.73. The number of piperidine rings is 1. The Hall–Kier alpha value is -1.47.